The van der Waals surface area contributed by atoms with E-state index in [1.165, 1.54) is 0 Å². The molecule has 0 aliphatic rings. The summed E-state index contributed by atoms with van der Waals surface area (Å²) in [6.07, 6.45) is 6.78. The number of fused-ring (bicyclic) bond motifs is 1. The summed E-state index contributed by atoms with van der Waals surface area (Å²) in [5.74, 6) is 2.22. The minimum atomic E-state index is -0.141. The molecule has 1 aromatic carbocycles. The van der Waals surface area contributed by atoms with Crippen molar-refractivity contribution in [3.63, 3.8) is 0 Å². The first-order valence-electron chi connectivity index (χ1n) is 5.69. The number of terminal acetylenes is 1. The number of pyridine rings is 1. The molecule has 0 unspecified atom stereocenters. The van der Waals surface area contributed by atoms with E-state index < -0.39 is 0 Å². The number of carbonyl (C=O) groups is 1. The smallest absolute Gasteiger partial charge is 0.240 e. The van der Waals surface area contributed by atoms with E-state index in [2.05, 4.69) is 37.5 Å². The molecule has 1 amide bonds. The maximum Gasteiger partial charge on any atom is 0.240 e. The first-order chi connectivity index (χ1) is 9.22. The van der Waals surface area contributed by atoms with E-state index in [4.69, 9.17) is 6.42 Å². The summed E-state index contributed by atoms with van der Waals surface area (Å²) in [5.41, 5.74) is 1.72. The molecular weight excluding hydrogens is 306 g/mol. The van der Waals surface area contributed by atoms with Crippen molar-refractivity contribution in [2.75, 3.05) is 18.4 Å². The van der Waals surface area contributed by atoms with Crippen LogP contribution in [-0.4, -0.2) is 24.0 Å². The Morgan fingerprint density at radius 3 is 3.05 bits per heavy atom. The predicted molar refractivity (Wildman–Crippen MR) is 79.8 cm³/mol. The van der Waals surface area contributed by atoms with Gasteiger partial charge < -0.3 is 10.6 Å². The molecule has 19 heavy (non-hydrogen) atoms. The van der Waals surface area contributed by atoms with Gasteiger partial charge in [0.05, 0.1) is 18.6 Å². The topological polar surface area (TPSA) is 54.0 Å². The van der Waals surface area contributed by atoms with Gasteiger partial charge in [-0.15, -0.1) is 6.42 Å². The number of carbonyl (C=O) groups excluding carboxylic acids is 1. The largest absolute Gasteiger partial charge is 0.376 e. The molecule has 2 aromatic rings. The van der Waals surface area contributed by atoms with Gasteiger partial charge in [0, 0.05) is 21.7 Å². The number of benzene rings is 1. The Morgan fingerprint density at radius 2 is 2.26 bits per heavy atom. The van der Waals surface area contributed by atoms with E-state index in [9.17, 15) is 4.79 Å². The zero-order valence-corrected chi connectivity index (χ0v) is 11.7. The molecule has 96 valence electrons. The van der Waals surface area contributed by atoms with Gasteiger partial charge in [-0.3, -0.25) is 9.78 Å². The predicted octanol–water partition coefficient (Wildman–Crippen LogP) is 2.16. The second-order valence-electron chi connectivity index (χ2n) is 3.83. The normalized spacial score (nSPS) is 9.89. The molecule has 0 aliphatic carbocycles. The minimum absolute atomic E-state index is 0.141. The molecule has 1 aromatic heterocycles. The van der Waals surface area contributed by atoms with Crippen molar-refractivity contribution in [3.8, 4) is 12.3 Å². The van der Waals surface area contributed by atoms with Crippen LogP contribution in [0.25, 0.3) is 10.9 Å². The van der Waals surface area contributed by atoms with Gasteiger partial charge >= 0.3 is 0 Å². The van der Waals surface area contributed by atoms with Crippen LogP contribution in [0.2, 0.25) is 0 Å². The lowest BCUT2D eigenvalue weighted by molar-refractivity contribution is -0.119. The molecular formula is C14H12BrN3O. The third-order valence-electron chi connectivity index (χ3n) is 2.55. The van der Waals surface area contributed by atoms with Crippen molar-refractivity contribution in [1.82, 2.24) is 10.3 Å². The molecule has 0 bridgehead atoms. The van der Waals surface area contributed by atoms with Crippen molar-refractivity contribution in [1.29, 1.82) is 0 Å². The molecule has 2 rings (SSSR count). The number of halogens is 1. The van der Waals surface area contributed by atoms with Crippen LogP contribution in [0, 0.1) is 12.3 Å². The summed E-state index contributed by atoms with van der Waals surface area (Å²) in [7, 11) is 0. The Kier molecular flexibility index (Phi) is 4.37. The van der Waals surface area contributed by atoms with Crippen molar-refractivity contribution in [2.45, 2.75) is 0 Å². The molecule has 0 aliphatic heterocycles. The summed E-state index contributed by atoms with van der Waals surface area (Å²) in [4.78, 5) is 15.8. The van der Waals surface area contributed by atoms with Crippen LogP contribution in [0.5, 0.6) is 0 Å². The highest BCUT2D eigenvalue weighted by Crippen LogP contribution is 2.26. The van der Waals surface area contributed by atoms with Gasteiger partial charge in [0.15, 0.2) is 0 Å². The van der Waals surface area contributed by atoms with Gasteiger partial charge in [-0.2, -0.15) is 0 Å². The maximum atomic E-state index is 11.5. The first-order valence-corrected chi connectivity index (χ1v) is 6.49. The Morgan fingerprint density at radius 1 is 1.42 bits per heavy atom. The molecule has 2 N–H and O–H groups in total. The van der Waals surface area contributed by atoms with Crippen LogP contribution in [0.15, 0.2) is 34.9 Å². The van der Waals surface area contributed by atoms with E-state index in [1.807, 2.05) is 24.3 Å². The second-order valence-corrected chi connectivity index (χ2v) is 4.68. The lowest BCUT2D eigenvalue weighted by atomic mass is 10.2. The lowest BCUT2D eigenvalue weighted by Crippen LogP contribution is -2.30. The number of nitrogens with zero attached hydrogens (tertiary/aromatic N) is 1. The Hall–Kier alpha value is -2.06. The number of amides is 1. The molecule has 4 nitrogen and oxygen atoms in total. The minimum Gasteiger partial charge on any atom is -0.376 e. The number of hydrogen-bond donors (Lipinski definition) is 2. The fourth-order valence-electron chi connectivity index (χ4n) is 1.68. The van der Waals surface area contributed by atoms with Crippen molar-refractivity contribution < 1.29 is 4.79 Å². The molecule has 0 radical (unpaired) electrons. The van der Waals surface area contributed by atoms with Gasteiger partial charge in [0.1, 0.15) is 0 Å². The molecule has 0 fully saturated rings. The van der Waals surface area contributed by atoms with E-state index in [0.29, 0.717) is 0 Å². The number of rotatable bonds is 4. The first kappa shape index (κ1) is 13.4. The van der Waals surface area contributed by atoms with E-state index in [1.54, 1.807) is 6.20 Å². The number of anilines is 1. The van der Waals surface area contributed by atoms with Crippen LogP contribution in [0.1, 0.15) is 0 Å². The van der Waals surface area contributed by atoms with Crippen molar-refractivity contribution >= 4 is 38.4 Å². The van der Waals surface area contributed by atoms with Crippen LogP contribution in [0.3, 0.4) is 0 Å². The van der Waals surface area contributed by atoms with Gasteiger partial charge in [-0.1, -0.05) is 18.1 Å². The molecule has 1 heterocycles. The quantitative estimate of drug-likeness (QED) is 0.850. The molecule has 5 heteroatoms. The van der Waals surface area contributed by atoms with Gasteiger partial charge in [0.25, 0.3) is 0 Å². The summed E-state index contributed by atoms with van der Waals surface area (Å²) in [5, 5.41) is 6.64. The Bertz CT molecular complexity index is 649. The third kappa shape index (κ3) is 3.24. The maximum absolute atomic E-state index is 11.5. The summed E-state index contributed by atoms with van der Waals surface area (Å²) in [6.45, 7) is 0.413. The van der Waals surface area contributed by atoms with E-state index in [-0.39, 0.29) is 19.0 Å². The summed E-state index contributed by atoms with van der Waals surface area (Å²) < 4.78 is 0.922. The standard InChI is InChI=1S/C14H12BrN3O/c1-2-7-16-13(19)9-18-12-6-8-17-14-10(12)4-3-5-11(14)15/h1,3-6,8H,7,9H2,(H,16,19)(H,17,18). The van der Waals surface area contributed by atoms with Crippen LogP contribution in [-0.2, 0) is 4.79 Å². The van der Waals surface area contributed by atoms with Crippen LogP contribution in [0.4, 0.5) is 5.69 Å². The number of aromatic nitrogens is 1. The number of nitrogens with one attached hydrogen (secondary N) is 2. The van der Waals surface area contributed by atoms with Crippen molar-refractivity contribution in [3.05, 3.63) is 34.9 Å². The average molecular weight is 318 g/mol. The van der Waals surface area contributed by atoms with Crippen LogP contribution >= 0.6 is 15.9 Å². The highest BCUT2D eigenvalue weighted by atomic mass is 79.9. The summed E-state index contributed by atoms with van der Waals surface area (Å²) in [6, 6.07) is 7.65. The fourth-order valence-corrected chi connectivity index (χ4v) is 2.15. The molecule has 0 saturated heterocycles. The van der Waals surface area contributed by atoms with Gasteiger partial charge in [-0.05, 0) is 28.1 Å². The third-order valence-corrected chi connectivity index (χ3v) is 3.19. The zero-order chi connectivity index (χ0) is 13.7. The fraction of sp³-hybridized carbons (Fsp3) is 0.143. The molecule has 0 saturated carbocycles. The molecule has 0 atom stereocenters. The van der Waals surface area contributed by atoms with Crippen LogP contribution < -0.4 is 10.6 Å². The number of para-hydroxylation sites is 1. The monoisotopic (exact) mass is 317 g/mol. The van der Waals surface area contributed by atoms with Crippen molar-refractivity contribution in [2.24, 2.45) is 0 Å². The Balaban J connectivity index is 2.16. The SMILES string of the molecule is C#CCNC(=O)CNc1ccnc2c(Br)cccc12. The van der Waals surface area contributed by atoms with E-state index >= 15 is 0 Å². The highest BCUT2D eigenvalue weighted by Gasteiger charge is 2.05. The Labute approximate surface area is 119 Å². The molecule has 0 spiro atoms. The average Bonchev–Trinajstić information content (AvgIpc) is 2.43. The van der Waals surface area contributed by atoms with Gasteiger partial charge in [-0.25, -0.2) is 0 Å². The number of hydrogen-bond acceptors (Lipinski definition) is 3. The highest BCUT2D eigenvalue weighted by molar-refractivity contribution is 9.10. The second kappa shape index (κ2) is 6.21. The van der Waals surface area contributed by atoms with E-state index in [0.717, 1.165) is 21.1 Å². The summed E-state index contributed by atoms with van der Waals surface area (Å²) >= 11 is 3.45. The zero-order valence-electron chi connectivity index (χ0n) is 10.1. The van der Waals surface area contributed by atoms with Gasteiger partial charge in [0.2, 0.25) is 5.91 Å². The lowest BCUT2D eigenvalue weighted by Gasteiger charge is -2.09.